The van der Waals surface area contributed by atoms with Gasteiger partial charge in [-0.3, -0.25) is 9.35 Å². The molecule has 0 aromatic heterocycles. The molecule has 0 unspecified atom stereocenters. The molecule has 1 aromatic carbocycles. The molecule has 0 atom stereocenters. The van der Waals surface area contributed by atoms with Crippen LogP contribution in [0.25, 0.3) is 0 Å². The third-order valence-electron chi connectivity index (χ3n) is 2.12. The summed E-state index contributed by atoms with van der Waals surface area (Å²) in [4.78, 5) is 10.7. The third kappa shape index (κ3) is 4.15. The Morgan fingerprint density at radius 3 is 2.67 bits per heavy atom. The zero-order valence-corrected chi connectivity index (χ0v) is 10.4. The Hall–Kier alpha value is -1.92. The fourth-order valence-corrected chi connectivity index (χ4v) is 2.04. The molecular formula is C12H13NO4S. The highest BCUT2D eigenvalue weighted by Crippen LogP contribution is 2.15. The van der Waals surface area contributed by atoms with Gasteiger partial charge in [-0.2, -0.15) is 8.42 Å². The summed E-state index contributed by atoms with van der Waals surface area (Å²) in [5.74, 6) is -0.352. The Bertz CT molecular complexity index is 575. The first-order chi connectivity index (χ1) is 8.45. The van der Waals surface area contributed by atoms with Gasteiger partial charge in [0.05, 0.1) is 4.90 Å². The second-order valence-corrected chi connectivity index (χ2v) is 4.79. The van der Waals surface area contributed by atoms with Crippen LogP contribution in [-0.4, -0.2) is 18.9 Å². The second-order valence-electron chi connectivity index (χ2n) is 3.40. The average Bonchev–Trinajstić information content (AvgIpc) is 2.33. The van der Waals surface area contributed by atoms with Gasteiger partial charge < -0.3 is 5.32 Å². The van der Waals surface area contributed by atoms with Gasteiger partial charge in [-0.05, 0) is 24.1 Å². The summed E-state index contributed by atoms with van der Waals surface area (Å²) >= 11 is 0. The lowest BCUT2D eigenvalue weighted by molar-refractivity contribution is -0.115. The number of carbonyl (C=O) groups is 1. The van der Waals surface area contributed by atoms with Crippen molar-refractivity contribution < 1.29 is 17.8 Å². The molecule has 0 saturated heterocycles. The van der Waals surface area contributed by atoms with Crippen molar-refractivity contribution in [3.63, 3.8) is 0 Å². The molecule has 0 aliphatic carbocycles. The fraction of sp³-hybridized carbons (Fsp3) is 0.0833. The molecule has 18 heavy (non-hydrogen) atoms. The van der Waals surface area contributed by atoms with Gasteiger partial charge in [0.2, 0.25) is 5.91 Å². The van der Waals surface area contributed by atoms with Gasteiger partial charge in [-0.1, -0.05) is 30.9 Å². The predicted molar refractivity (Wildman–Crippen MR) is 67.4 cm³/mol. The van der Waals surface area contributed by atoms with E-state index in [0.29, 0.717) is 5.56 Å². The van der Waals surface area contributed by atoms with Crippen molar-refractivity contribution in [1.82, 2.24) is 5.32 Å². The molecule has 0 saturated carbocycles. The van der Waals surface area contributed by atoms with Gasteiger partial charge in [-0.15, -0.1) is 0 Å². The minimum atomic E-state index is -4.23. The molecule has 0 bridgehead atoms. The molecule has 2 N–H and O–H groups in total. The summed E-state index contributed by atoms with van der Waals surface area (Å²) in [5, 5.41) is 2.41. The molecule has 96 valence electrons. The Morgan fingerprint density at radius 1 is 1.39 bits per heavy atom. The SMILES string of the molecule is C=CC(=O)NC=CCc1ccccc1S(=O)(=O)O. The zero-order valence-electron chi connectivity index (χ0n) is 9.54. The van der Waals surface area contributed by atoms with E-state index >= 15 is 0 Å². The van der Waals surface area contributed by atoms with E-state index in [0.717, 1.165) is 6.08 Å². The highest BCUT2D eigenvalue weighted by Gasteiger charge is 2.13. The van der Waals surface area contributed by atoms with Crippen LogP contribution in [0.15, 0.2) is 54.1 Å². The highest BCUT2D eigenvalue weighted by molar-refractivity contribution is 7.85. The van der Waals surface area contributed by atoms with Crippen LogP contribution in [0.4, 0.5) is 0 Å². The maximum Gasteiger partial charge on any atom is 0.294 e. The molecule has 0 fully saturated rings. The number of carbonyl (C=O) groups excluding carboxylic acids is 1. The Labute approximate surface area is 106 Å². The molecule has 0 spiro atoms. The van der Waals surface area contributed by atoms with Crippen molar-refractivity contribution >= 4 is 16.0 Å². The predicted octanol–water partition coefficient (Wildman–Crippen LogP) is 1.29. The summed E-state index contributed by atoms with van der Waals surface area (Å²) < 4.78 is 31.2. The van der Waals surface area contributed by atoms with Gasteiger partial charge in [0.1, 0.15) is 0 Å². The number of rotatable bonds is 5. The van der Waals surface area contributed by atoms with Crippen LogP contribution < -0.4 is 5.32 Å². The van der Waals surface area contributed by atoms with E-state index in [1.165, 1.54) is 18.3 Å². The topological polar surface area (TPSA) is 83.5 Å². The number of hydrogen-bond donors (Lipinski definition) is 2. The summed E-state index contributed by atoms with van der Waals surface area (Å²) in [6.45, 7) is 3.29. The van der Waals surface area contributed by atoms with Crippen molar-refractivity contribution in [2.24, 2.45) is 0 Å². The normalized spacial score (nSPS) is 11.4. The fourth-order valence-electron chi connectivity index (χ4n) is 1.31. The van der Waals surface area contributed by atoms with Crippen LogP contribution in [0.1, 0.15) is 5.56 Å². The van der Waals surface area contributed by atoms with E-state index < -0.39 is 10.1 Å². The first-order valence-electron chi connectivity index (χ1n) is 5.08. The van der Waals surface area contributed by atoms with Crippen LogP contribution in [0.3, 0.4) is 0 Å². The van der Waals surface area contributed by atoms with Crippen molar-refractivity contribution in [2.45, 2.75) is 11.3 Å². The molecule has 0 aliphatic rings. The first-order valence-corrected chi connectivity index (χ1v) is 6.52. The average molecular weight is 267 g/mol. The monoisotopic (exact) mass is 267 g/mol. The van der Waals surface area contributed by atoms with E-state index in [1.807, 2.05) is 0 Å². The number of hydrogen-bond acceptors (Lipinski definition) is 3. The molecule has 5 nitrogen and oxygen atoms in total. The lowest BCUT2D eigenvalue weighted by atomic mass is 10.1. The summed E-state index contributed by atoms with van der Waals surface area (Å²) in [6.07, 6.45) is 4.36. The van der Waals surface area contributed by atoms with E-state index in [1.54, 1.807) is 18.2 Å². The molecule has 1 aromatic rings. The second kappa shape index (κ2) is 6.13. The van der Waals surface area contributed by atoms with E-state index in [4.69, 9.17) is 4.55 Å². The van der Waals surface area contributed by atoms with Crippen molar-refractivity contribution in [1.29, 1.82) is 0 Å². The molecular weight excluding hydrogens is 254 g/mol. The number of allylic oxidation sites excluding steroid dienone is 1. The lowest BCUT2D eigenvalue weighted by Crippen LogP contribution is -2.12. The summed E-state index contributed by atoms with van der Waals surface area (Å²) in [6, 6.07) is 6.10. The number of amides is 1. The van der Waals surface area contributed by atoms with Crippen LogP contribution in [0, 0.1) is 0 Å². The van der Waals surface area contributed by atoms with Crippen molar-refractivity contribution in [3.05, 3.63) is 54.8 Å². The number of nitrogens with one attached hydrogen (secondary N) is 1. The minimum Gasteiger partial charge on any atom is -0.329 e. The van der Waals surface area contributed by atoms with Crippen molar-refractivity contribution in [3.8, 4) is 0 Å². The van der Waals surface area contributed by atoms with Gasteiger partial charge in [0.25, 0.3) is 10.1 Å². The van der Waals surface area contributed by atoms with E-state index in [-0.39, 0.29) is 17.2 Å². The maximum atomic E-state index is 11.1. The maximum absolute atomic E-state index is 11.1. The summed E-state index contributed by atoms with van der Waals surface area (Å²) in [5.41, 5.74) is 0.448. The van der Waals surface area contributed by atoms with Crippen LogP contribution >= 0.6 is 0 Å². The largest absolute Gasteiger partial charge is 0.329 e. The van der Waals surface area contributed by atoms with Crippen LogP contribution in [-0.2, 0) is 21.3 Å². The minimum absolute atomic E-state index is 0.135. The molecule has 1 rings (SSSR count). The number of benzene rings is 1. The third-order valence-corrected chi connectivity index (χ3v) is 3.07. The van der Waals surface area contributed by atoms with Gasteiger partial charge in [0.15, 0.2) is 0 Å². The lowest BCUT2D eigenvalue weighted by Gasteiger charge is -2.03. The smallest absolute Gasteiger partial charge is 0.294 e. The molecule has 0 heterocycles. The van der Waals surface area contributed by atoms with Gasteiger partial charge in [-0.25, -0.2) is 0 Å². The summed E-state index contributed by atoms with van der Waals surface area (Å²) in [7, 11) is -4.23. The van der Waals surface area contributed by atoms with Crippen molar-refractivity contribution in [2.75, 3.05) is 0 Å². The first kappa shape index (κ1) is 14.1. The zero-order chi connectivity index (χ0) is 13.6. The van der Waals surface area contributed by atoms with E-state index in [2.05, 4.69) is 11.9 Å². The van der Waals surface area contributed by atoms with Crippen LogP contribution in [0.2, 0.25) is 0 Å². The van der Waals surface area contributed by atoms with Gasteiger partial charge in [0, 0.05) is 6.20 Å². The molecule has 6 heteroatoms. The quantitative estimate of drug-likeness (QED) is 0.622. The Balaban J connectivity index is 2.80. The molecule has 0 aliphatic heterocycles. The molecule has 1 amide bonds. The Morgan fingerprint density at radius 2 is 2.06 bits per heavy atom. The van der Waals surface area contributed by atoms with E-state index in [9.17, 15) is 13.2 Å². The molecule has 0 radical (unpaired) electrons. The highest BCUT2D eigenvalue weighted by atomic mass is 32.2. The Kier molecular flexibility index (Phi) is 4.82. The van der Waals surface area contributed by atoms with Gasteiger partial charge >= 0.3 is 0 Å². The standard InChI is InChI=1S/C12H13NO4S/c1-2-12(14)13-9-5-7-10-6-3-4-8-11(10)18(15,16)17/h2-6,8-9H,1,7H2,(H,13,14)(H,15,16,17). The van der Waals surface area contributed by atoms with Crippen LogP contribution in [0.5, 0.6) is 0 Å².